The van der Waals surface area contributed by atoms with E-state index in [0.29, 0.717) is 12.8 Å². The maximum atomic E-state index is 14.9. The number of ketones is 1. The van der Waals surface area contributed by atoms with E-state index in [-0.39, 0.29) is 18.2 Å². The van der Waals surface area contributed by atoms with Gasteiger partial charge in [0, 0.05) is 18.2 Å². The SMILES string of the molecule is O=C(CC1c2ncccc2-c2cncn21)C1(F)CCCCC1. The van der Waals surface area contributed by atoms with E-state index in [0.717, 1.165) is 36.2 Å². The van der Waals surface area contributed by atoms with Crippen LogP contribution in [0.25, 0.3) is 11.3 Å². The third-order valence-electron chi connectivity index (χ3n) is 4.96. The van der Waals surface area contributed by atoms with Gasteiger partial charge in [-0.3, -0.25) is 9.78 Å². The molecule has 0 aromatic carbocycles. The van der Waals surface area contributed by atoms with Crippen LogP contribution in [0.15, 0.2) is 30.9 Å². The lowest BCUT2D eigenvalue weighted by Gasteiger charge is -2.29. The number of halogens is 1. The molecule has 114 valence electrons. The molecule has 1 aliphatic carbocycles. The van der Waals surface area contributed by atoms with Crippen molar-refractivity contribution in [2.45, 2.75) is 50.2 Å². The highest BCUT2D eigenvalue weighted by Crippen LogP contribution is 2.42. The number of Topliss-reactive ketones (excluding diaryl/α,β-unsaturated/α-hetero) is 1. The molecule has 22 heavy (non-hydrogen) atoms. The molecule has 0 saturated heterocycles. The van der Waals surface area contributed by atoms with E-state index in [1.807, 2.05) is 16.7 Å². The number of nitrogens with zero attached hydrogens (tertiary/aromatic N) is 3. The highest BCUT2D eigenvalue weighted by Gasteiger charge is 2.42. The molecule has 2 aromatic rings. The summed E-state index contributed by atoms with van der Waals surface area (Å²) in [6, 6.07) is 3.63. The number of pyridine rings is 1. The van der Waals surface area contributed by atoms with E-state index in [1.165, 1.54) is 0 Å². The zero-order valence-electron chi connectivity index (χ0n) is 12.3. The highest BCUT2D eigenvalue weighted by atomic mass is 19.1. The van der Waals surface area contributed by atoms with Gasteiger partial charge in [0.15, 0.2) is 11.5 Å². The van der Waals surface area contributed by atoms with Crippen molar-refractivity contribution in [1.29, 1.82) is 0 Å². The predicted octanol–water partition coefficient (Wildman–Crippen LogP) is 3.48. The van der Waals surface area contributed by atoms with Crippen molar-refractivity contribution in [3.8, 4) is 11.3 Å². The standard InChI is InChI=1S/C17H18FN3O/c18-17(6-2-1-3-7-17)15(22)9-13-16-12(5-4-8-20-16)14-10-19-11-21(13)14/h4-5,8,10-11,13H,1-3,6-7,9H2. The maximum Gasteiger partial charge on any atom is 0.172 e. The predicted molar refractivity (Wildman–Crippen MR) is 80.1 cm³/mol. The van der Waals surface area contributed by atoms with Gasteiger partial charge in [-0.1, -0.05) is 6.42 Å². The zero-order chi connectivity index (χ0) is 15.2. The molecule has 1 fully saturated rings. The van der Waals surface area contributed by atoms with Crippen LogP contribution >= 0.6 is 0 Å². The van der Waals surface area contributed by atoms with E-state index in [4.69, 9.17) is 0 Å². The van der Waals surface area contributed by atoms with Gasteiger partial charge in [0.1, 0.15) is 0 Å². The van der Waals surface area contributed by atoms with Crippen molar-refractivity contribution in [1.82, 2.24) is 14.5 Å². The Morgan fingerprint density at radius 1 is 1.36 bits per heavy atom. The minimum absolute atomic E-state index is 0.157. The van der Waals surface area contributed by atoms with Crippen LogP contribution in [0.4, 0.5) is 4.39 Å². The number of rotatable bonds is 3. The Balaban J connectivity index is 1.65. The summed E-state index contributed by atoms with van der Waals surface area (Å²) in [5, 5.41) is 0. The Morgan fingerprint density at radius 3 is 3.00 bits per heavy atom. The van der Waals surface area contributed by atoms with Crippen LogP contribution in [-0.4, -0.2) is 26.0 Å². The fourth-order valence-electron chi connectivity index (χ4n) is 3.74. The second-order valence-corrected chi connectivity index (χ2v) is 6.29. The molecule has 0 bridgehead atoms. The van der Waals surface area contributed by atoms with Crippen LogP contribution in [0.3, 0.4) is 0 Å². The molecule has 1 aliphatic heterocycles. The summed E-state index contributed by atoms with van der Waals surface area (Å²) in [7, 11) is 0. The molecule has 0 N–H and O–H groups in total. The van der Waals surface area contributed by atoms with Gasteiger partial charge in [0.2, 0.25) is 0 Å². The third kappa shape index (κ3) is 1.99. The van der Waals surface area contributed by atoms with Crippen molar-refractivity contribution in [3.05, 3.63) is 36.5 Å². The van der Waals surface area contributed by atoms with Crippen LogP contribution in [0, 0.1) is 0 Å². The summed E-state index contributed by atoms with van der Waals surface area (Å²) in [6.45, 7) is 0. The molecule has 1 atom stereocenters. The number of hydrogen-bond acceptors (Lipinski definition) is 3. The lowest BCUT2D eigenvalue weighted by molar-refractivity contribution is -0.133. The minimum Gasteiger partial charge on any atom is -0.321 e. The van der Waals surface area contributed by atoms with Gasteiger partial charge in [-0.2, -0.15) is 0 Å². The number of alkyl halides is 1. The van der Waals surface area contributed by atoms with Gasteiger partial charge in [-0.05, 0) is 37.8 Å². The van der Waals surface area contributed by atoms with Gasteiger partial charge >= 0.3 is 0 Å². The first kappa shape index (κ1) is 13.6. The molecule has 0 amide bonds. The van der Waals surface area contributed by atoms with Crippen molar-refractivity contribution in [3.63, 3.8) is 0 Å². The Bertz CT molecular complexity index is 718. The fourth-order valence-corrected chi connectivity index (χ4v) is 3.74. The quantitative estimate of drug-likeness (QED) is 0.871. The van der Waals surface area contributed by atoms with Crippen LogP contribution in [-0.2, 0) is 4.79 Å². The smallest absolute Gasteiger partial charge is 0.172 e. The van der Waals surface area contributed by atoms with E-state index < -0.39 is 5.67 Å². The molecule has 2 aromatic heterocycles. The molecule has 1 unspecified atom stereocenters. The monoisotopic (exact) mass is 299 g/mol. The minimum atomic E-state index is -1.64. The van der Waals surface area contributed by atoms with Crippen molar-refractivity contribution in [2.24, 2.45) is 0 Å². The summed E-state index contributed by atoms with van der Waals surface area (Å²) < 4.78 is 16.8. The molecule has 0 radical (unpaired) electrons. The van der Waals surface area contributed by atoms with Crippen molar-refractivity contribution >= 4 is 5.78 Å². The van der Waals surface area contributed by atoms with Crippen LogP contribution in [0.5, 0.6) is 0 Å². The lowest BCUT2D eigenvalue weighted by Crippen LogP contribution is -2.37. The second kappa shape index (κ2) is 5.00. The number of carbonyl (C=O) groups excluding carboxylic acids is 1. The number of carbonyl (C=O) groups is 1. The summed E-state index contributed by atoms with van der Waals surface area (Å²) >= 11 is 0. The first-order chi connectivity index (χ1) is 10.7. The molecule has 0 spiro atoms. The Kier molecular flexibility index (Phi) is 3.10. The summed E-state index contributed by atoms with van der Waals surface area (Å²) in [5.41, 5.74) is 1.16. The average molecular weight is 299 g/mol. The van der Waals surface area contributed by atoms with E-state index in [9.17, 15) is 9.18 Å². The van der Waals surface area contributed by atoms with Crippen molar-refractivity contribution in [2.75, 3.05) is 0 Å². The molecule has 2 aliphatic rings. The number of imidazole rings is 1. The summed E-state index contributed by atoms with van der Waals surface area (Å²) in [6.07, 6.45) is 8.73. The molecule has 4 rings (SSSR count). The first-order valence-corrected chi connectivity index (χ1v) is 7.88. The average Bonchev–Trinajstić information content (AvgIpc) is 3.11. The second-order valence-electron chi connectivity index (χ2n) is 6.29. The van der Waals surface area contributed by atoms with E-state index in [1.54, 1.807) is 18.7 Å². The van der Waals surface area contributed by atoms with Crippen LogP contribution in [0.2, 0.25) is 0 Å². The van der Waals surface area contributed by atoms with Gasteiger partial charge in [-0.25, -0.2) is 9.37 Å². The van der Waals surface area contributed by atoms with Crippen LogP contribution in [0.1, 0.15) is 50.3 Å². The van der Waals surface area contributed by atoms with E-state index >= 15 is 0 Å². The Hall–Kier alpha value is -2.04. The molecule has 1 saturated carbocycles. The zero-order valence-corrected chi connectivity index (χ0v) is 12.3. The number of hydrogen-bond donors (Lipinski definition) is 0. The van der Waals surface area contributed by atoms with Gasteiger partial charge in [0.05, 0.1) is 30.0 Å². The highest BCUT2D eigenvalue weighted by molar-refractivity contribution is 5.88. The fraction of sp³-hybridized carbons (Fsp3) is 0.471. The molecule has 5 heteroatoms. The number of aromatic nitrogens is 3. The first-order valence-electron chi connectivity index (χ1n) is 7.88. The maximum absolute atomic E-state index is 14.9. The van der Waals surface area contributed by atoms with Gasteiger partial charge < -0.3 is 4.57 Å². The molecular weight excluding hydrogens is 281 g/mol. The largest absolute Gasteiger partial charge is 0.321 e. The Labute approximate surface area is 128 Å². The van der Waals surface area contributed by atoms with Crippen molar-refractivity contribution < 1.29 is 9.18 Å². The molecule has 3 heterocycles. The Morgan fingerprint density at radius 2 is 2.18 bits per heavy atom. The number of fused-ring (bicyclic) bond motifs is 3. The summed E-state index contributed by atoms with van der Waals surface area (Å²) in [4.78, 5) is 21.2. The van der Waals surface area contributed by atoms with Gasteiger partial charge in [0.25, 0.3) is 0 Å². The summed E-state index contributed by atoms with van der Waals surface area (Å²) in [5.74, 6) is -0.282. The third-order valence-corrected chi connectivity index (χ3v) is 4.96. The van der Waals surface area contributed by atoms with E-state index in [2.05, 4.69) is 9.97 Å². The molecule has 4 nitrogen and oxygen atoms in total. The topological polar surface area (TPSA) is 47.8 Å². The van der Waals surface area contributed by atoms with Gasteiger partial charge in [-0.15, -0.1) is 0 Å². The lowest BCUT2D eigenvalue weighted by atomic mass is 9.81. The molecular formula is C17H18FN3O. The normalized spacial score (nSPS) is 22.1. The van der Waals surface area contributed by atoms with Crippen LogP contribution < -0.4 is 0 Å².